The predicted molar refractivity (Wildman–Crippen MR) is 172 cm³/mol. The van der Waals surface area contributed by atoms with E-state index in [1.807, 2.05) is 37.3 Å². The lowest BCUT2D eigenvalue weighted by atomic mass is 9.89. The van der Waals surface area contributed by atoms with Gasteiger partial charge in [0.05, 0.1) is 33.7 Å². The van der Waals surface area contributed by atoms with Gasteiger partial charge in [0.25, 0.3) is 5.91 Å². The molecule has 2 amide bonds. The molecule has 5 rings (SSSR count). The molecule has 11 nitrogen and oxygen atoms in total. The van der Waals surface area contributed by atoms with Gasteiger partial charge >= 0.3 is 6.09 Å². The molecule has 4 heterocycles. The van der Waals surface area contributed by atoms with Crippen molar-refractivity contribution in [3.05, 3.63) is 84.2 Å². The molecule has 1 aliphatic heterocycles. The zero-order valence-corrected chi connectivity index (χ0v) is 26.2. The fraction of sp³-hybridized carbons (Fsp3) is 0.323. The van der Waals surface area contributed by atoms with Crippen LogP contribution in [0.25, 0.3) is 0 Å². The van der Waals surface area contributed by atoms with Crippen molar-refractivity contribution in [1.29, 1.82) is 0 Å². The molecule has 1 aliphatic rings. The Morgan fingerprint density at radius 1 is 1.09 bits per heavy atom. The van der Waals surface area contributed by atoms with Crippen molar-refractivity contribution in [1.82, 2.24) is 25.2 Å². The van der Waals surface area contributed by atoms with Crippen LogP contribution < -0.4 is 16.0 Å². The first kappa shape index (κ1) is 32.1. The topological polar surface area (TPSA) is 153 Å². The van der Waals surface area contributed by atoms with E-state index in [9.17, 15) is 14.7 Å². The molecule has 1 aromatic carbocycles. The van der Waals surface area contributed by atoms with E-state index >= 15 is 4.39 Å². The molecule has 1 saturated heterocycles. The summed E-state index contributed by atoms with van der Waals surface area (Å²) in [6, 6.07) is 14.5. The number of halogens is 1. The van der Waals surface area contributed by atoms with Crippen molar-refractivity contribution in [2.24, 2.45) is 0 Å². The number of likely N-dealkylation sites (tertiary alicyclic amines) is 1. The number of nitrogens with one attached hydrogen (secondary N) is 3. The van der Waals surface area contributed by atoms with Crippen molar-refractivity contribution in [2.75, 3.05) is 30.3 Å². The molecule has 4 aromatic rings. The first-order valence-corrected chi connectivity index (χ1v) is 16.2. The molecule has 1 unspecified atom stereocenters. The number of rotatable bonds is 12. The number of thiazole rings is 1. The molecule has 0 saturated carbocycles. The third kappa shape index (κ3) is 8.26. The number of carbonyl (C=O) groups excluding carboxylic acids is 1. The summed E-state index contributed by atoms with van der Waals surface area (Å²) in [6.45, 7) is 2.87. The molecule has 5 N–H and O–H groups in total. The highest BCUT2D eigenvalue weighted by Gasteiger charge is 2.30. The Kier molecular flexibility index (Phi) is 10.5. The quantitative estimate of drug-likeness (QED) is 0.124. The van der Waals surface area contributed by atoms with E-state index in [1.165, 1.54) is 28.5 Å². The molecule has 1 fully saturated rings. The monoisotopic (exact) mass is 651 g/mol. The molecule has 3 aromatic heterocycles. The highest BCUT2D eigenvalue weighted by molar-refractivity contribution is 8.01. The molecular weight excluding hydrogens is 618 g/mol. The van der Waals surface area contributed by atoms with Gasteiger partial charge in [-0.05, 0) is 43.0 Å². The number of amides is 2. The largest absolute Gasteiger partial charge is 0.465 e. The molecule has 0 spiro atoms. The number of aliphatic hydroxyl groups is 1. The Balaban J connectivity index is 1.16. The second kappa shape index (κ2) is 14.7. The zero-order valence-electron chi connectivity index (χ0n) is 24.6. The van der Waals surface area contributed by atoms with Crippen LogP contribution in [0.1, 0.15) is 48.7 Å². The SMILES string of the molecule is CCCC(O)(CNC(=O)c1nccc(Sc2cnc(Nc3ccc(NC4CCN(C(=O)O)CC4)cn3)s2)c1F)c1ccccc1. The van der Waals surface area contributed by atoms with Crippen LogP contribution in [0, 0.1) is 5.82 Å². The van der Waals surface area contributed by atoms with E-state index in [0.717, 1.165) is 30.3 Å². The van der Waals surface area contributed by atoms with Crippen LogP contribution >= 0.6 is 23.1 Å². The lowest BCUT2D eigenvalue weighted by molar-refractivity contribution is 0.0260. The fourth-order valence-corrected chi connectivity index (χ4v) is 6.92. The Morgan fingerprint density at radius 2 is 1.87 bits per heavy atom. The Labute approximate surface area is 268 Å². The molecule has 0 aliphatic carbocycles. The minimum atomic E-state index is -1.28. The van der Waals surface area contributed by atoms with Gasteiger partial charge in [-0.2, -0.15) is 0 Å². The van der Waals surface area contributed by atoms with Gasteiger partial charge in [-0.15, -0.1) is 0 Å². The van der Waals surface area contributed by atoms with Crippen molar-refractivity contribution in [3.63, 3.8) is 0 Å². The number of aromatic nitrogens is 3. The van der Waals surface area contributed by atoms with E-state index in [-0.39, 0.29) is 23.2 Å². The van der Waals surface area contributed by atoms with E-state index in [2.05, 4.69) is 30.9 Å². The summed E-state index contributed by atoms with van der Waals surface area (Å²) >= 11 is 2.44. The van der Waals surface area contributed by atoms with Crippen molar-refractivity contribution in [3.8, 4) is 0 Å². The number of piperidine rings is 1. The lowest BCUT2D eigenvalue weighted by Crippen LogP contribution is -2.41. The van der Waals surface area contributed by atoms with E-state index in [4.69, 9.17) is 5.11 Å². The molecule has 14 heteroatoms. The van der Waals surface area contributed by atoms with Gasteiger partial charge in [0.2, 0.25) is 0 Å². The van der Waals surface area contributed by atoms with Crippen LogP contribution in [0.4, 0.5) is 25.8 Å². The van der Waals surface area contributed by atoms with Gasteiger partial charge in [0.1, 0.15) is 11.4 Å². The summed E-state index contributed by atoms with van der Waals surface area (Å²) in [5.41, 5.74) is -0.112. The van der Waals surface area contributed by atoms with Gasteiger partial charge in [0, 0.05) is 25.3 Å². The average molecular weight is 652 g/mol. The fourth-order valence-electron chi connectivity index (χ4n) is 5.06. The minimum Gasteiger partial charge on any atom is -0.465 e. The van der Waals surface area contributed by atoms with Gasteiger partial charge in [0.15, 0.2) is 16.6 Å². The van der Waals surface area contributed by atoms with Gasteiger partial charge in [-0.3, -0.25) is 4.79 Å². The molecule has 1 atom stereocenters. The third-order valence-corrected chi connectivity index (χ3v) is 9.46. The van der Waals surface area contributed by atoms with Crippen LogP contribution in [-0.4, -0.2) is 67.7 Å². The smallest absolute Gasteiger partial charge is 0.407 e. The maximum Gasteiger partial charge on any atom is 0.407 e. The number of carboxylic acid groups (broad SMARTS) is 1. The number of nitrogens with zero attached hydrogens (tertiary/aromatic N) is 4. The maximum atomic E-state index is 15.4. The summed E-state index contributed by atoms with van der Waals surface area (Å²) in [6.07, 6.45) is 6.39. The van der Waals surface area contributed by atoms with Crippen LogP contribution in [0.15, 0.2) is 76.2 Å². The summed E-state index contributed by atoms with van der Waals surface area (Å²) in [4.78, 5) is 38.5. The number of hydrogen-bond acceptors (Lipinski definition) is 10. The zero-order chi connectivity index (χ0) is 31.8. The maximum absolute atomic E-state index is 15.4. The molecular formula is C31H34FN7O4S2. The number of pyridine rings is 2. The average Bonchev–Trinajstić information content (AvgIpc) is 3.49. The van der Waals surface area contributed by atoms with Crippen LogP contribution in [0.2, 0.25) is 0 Å². The van der Waals surface area contributed by atoms with E-state index < -0.39 is 23.4 Å². The van der Waals surface area contributed by atoms with Crippen LogP contribution in [-0.2, 0) is 5.60 Å². The number of anilines is 3. The Bertz CT molecular complexity index is 1600. The standard InChI is InChI=1S/C31H34FN7O4S2/c1-2-13-31(43,20-6-4-3-5-7-20)19-36-28(40)27-26(32)23(10-14-33-27)44-25-18-35-29(45-25)38-24-9-8-22(17-34-24)37-21-11-15-39(16-12-21)30(41)42/h3-10,14,17-18,21,37,43H,2,11-13,15-16,19H2,1H3,(H,36,40)(H,41,42)(H,34,35,38). The number of carbonyl (C=O) groups is 2. The first-order chi connectivity index (χ1) is 21.7. The first-order valence-electron chi connectivity index (χ1n) is 14.6. The normalized spacial score (nSPS) is 14.9. The van der Waals surface area contributed by atoms with Gasteiger partial charge < -0.3 is 31.1 Å². The van der Waals surface area contributed by atoms with Crippen molar-refractivity contribution < 1.29 is 24.2 Å². The number of hydrogen-bond donors (Lipinski definition) is 5. The lowest BCUT2D eigenvalue weighted by Gasteiger charge is -2.30. The second-order valence-corrected chi connectivity index (χ2v) is 13.0. The summed E-state index contributed by atoms with van der Waals surface area (Å²) < 4.78 is 16.1. The van der Waals surface area contributed by atoms with Crippen LogP contribution in [0.3, 0.4) is 0 Å². The molecule has 0 radical (unpaired) electrons. The highest BCUT2D eigenvalue weighted by atomic mass is 32.2. The summed E-state index contributed by atoms with van der Waals surface area (Å²) in [5, 5.41) is 30.1. The highest BCUT2D eigenvalue weighted by Crippen LogP contribution is 2.36. The van der Waals surface area contributed by atoms with Crippen molar-refractivity contribution in [2.45, 2.75) is 53.4 Å². The minimum absolute atomic E-state index is 0.0801. The molecule has 0 bridgehead atoms. The third-order valence-electron chi connectivity index (χ3n) is 7.41. The Morgan fingerprint density at radius 3 is 2.56 bits per heavy atom. The van der Waals surface area contributed by atoms with E-state index in [0.29, 0.717) is 46.7 Å². The Hall–Kier alpha value is -4.27. The van der Waals surface area contributed by atoms with Gasteiger partial charge in [-0.1, -0.05) is 66.8 Å². The van der Waals surface area contributed by atoms with E-state index in [1.54, 1.807) is 24.5 Å². The number of benzene rings is 1. The summed E-state index contributed by atoms with van der Waals surface area (Å²) in [7, 11) is 0. The van der Waals surface area contributed by atoms with Crippen molar-refractivity contribution >= 4 is 51.7 Å². The molecule has 45 heavy (non-hydrogen) atoms. The molecule has 236 valence electrons. The van der Waals surface area contributed by atoms with Crippen LogP contribution in [0.5, 0.6) is 0 Å². The summed E-state index contributed by atoms with van der Waals surface area (Å²) in [5.74, 6) is -0.874. The second-order valence-electron chi connectivity index (χ2n) is 10.6. The predicted octanol–water partition coefficient (Wildman–Crippen LogP) is 5.94. The van der Waals surface area contributed by atoms with Gasteiger partial charge in [-0.25, -0.2) is 24.1 Å².